The summed E-state index contributed by atoms with van der Waals surface area (Å²) in [7, 11) is 1.51. The number of carbonyl (C=O) groups excluding carboxylic acids is 1. The fourth-order valence-corrected chi connectivity index (χ4v) is 2.51. The molecule has 0 atom stereocenters. The van der Waals surface area contributed by atoms with Crippen LogP contribution >= 0.6 is 15.9 Å². The molecule has 0 bridgehead atoms. The van der Waals surface area contributed by atoms with E-state index in [9.17, 15) is 4.79 Å². The fraction of sp³-hybridized carbons (Fsp3) is 0.533. The van der Waals surface area contributed by atoms with E-state index in [0.717, 1.165) is 12.8 Å². The maximum Gasteiger partial charge on any atom is 0.258 e. The average Bonchev–Trinajstić information content (AvgIpc) is 2.50. The molecule has 118 valence electrons. The second kappa shape index (κ2) is 8.89. The van der Waals surface area contributed by atoms with E-state index in [-0.39, 0.29) is 25.2 Å². The van der Waals surface area contributed by atoms with Gasteiger partial charge in [-0.05, 0) is 46.5 Å². The highest BCUT2D eigenvalue weighted by Crippen LogP contribution is 2.36. The van der Waals surface area contributed by atoms with E-state index in [1.807, 2.05) is 13.8 Å². The first-order valence-corrected chi connectivity index (χ1v) is 7.74. The Labute approximate surface area is 133 Å². The van der Waals surface area contributed by atoms with Crippen LogP contribution in [0.25, 0.3) is 0 Å². The molecule has 0 aromatic heterocycles. The van der Waals surface area contributed by atoms with Crippen molar-refractivity contribution >= 4 is 21.8 Å². The Kier molecular flexibility index (Phi) is 7.53. The van der Waals surface area contributed by atoms with E-state index in [1.54, 1.807) is 12.1 Å². The molecular weight excluding hydrogens is 338 g/mol. The molecule has 0 aliphatic heterocycles. The smallest absolute Gasteiger partial charge is 0.258 e. The van der Waals surface area contributed by atoms with Gasteiger partial charge in [0.15, 0.2) is 18.1 Å². The van der Waals surface area contributed by atoms with Crippen molar-refractivity contribution < 1.29 is 19.4 Å². The first-order valence-electron chi connectivity index (χ1n) is 6.95. The summed E-state index contributed by atoms with van der Waals surface area (Å²) in [4.78, 5) is 11.8. The molecule has 0 spiro atoms. The number of hydrogen-bond donors (Lipinski definition) is 2. The second-order valence-corrected chi connectivity index (χ2v) is 5.49. The van der Waals surface area contributed by atoms with Crippen LogP contribution in [0.1, 0.15) is 32.3 Å². The van der Waals surface area contributed by atoms with Gasteiger partial charge in [-0.2, -0.15) is 0 Å². The Hall–Kier alpha value is -1.27. The molecule has 0 radical (unpaired) electrons. The van der Waals surface area contributed by atoms with Gasteiger partial charge in [-0.1, -0.05) is 13.8 Å². The number of ether oxygens (including phenoxy) is 2. The lowest BCUT2D eigenvalue weighted by Crippen LogP contribution is -2.37. The van der Waals surface area contributed by atoms with Crippen LogP contribution in [0.15, 0.2) is 16.6 Å². The van der Waals surface area contributed by atoms with Crippen molar-refractivity contribution in [3.63, 3.8) is 0 Å². The Morgan fingerprint density at radius 1 is 1.38 bits per heavy atom. The van der Waals surface area contributed by atoms with Gasteiger partial charge in [0.1, 0.15) is 0 Å². The lowest BCUT2D eigenvalue weighted by atomic mass is 10.2. The standard InChI is InChI=1S/C15H22BrNO4/c1-4-11(5-2)17-14(19)9-21-15-12(16)6-10(8-18)7-13(15)20-3/h6-7,11,18H,4-5,8-9H2,1-3H3,(H,17,19). The van der Waals surface area contributed by atoms with Crippen molar-refractivity contribution in [1.82, 2.24) is 5.32 Å². The van der Waals surface area contributed by atoms with Crippen LogP contribution < -0.4 is 14.8 Å². The molecule has 0 saturated heterocycles. The summed E-state index contributed by atoms with van der Waals surface area (Å²) >= 11 is 3.36. The zero-order chi connectivity index (χ0) is 15.8. The number of benzene rings is 1. The number of carbonyl (C=O) groups is 1. The molecule has 5 nitrogen and oxygen atoms in total. The topological polar surface area (TPSA) is 67.8 Å². The maximum absolute atomic E-state index is 11.8. The van der Waals surface area contributed by atoms with Gasteiger partial charge in [-0.25, -0.2) is 0 Å². The summed E-state index contributed by atoms with van der Waals surface area (Å²) in [5.74, 6) is 0.766. The van der Waals surface area contributed by atoms with Gasteiger partial charge in [0.05, 0.1) is 18.2 Å². The highest BCUT2D eigenvalue weighted by Gasteiger charge is 2.14. The molecule has 1 aromatic rings. The molecule has 2 N–H and O–H groups in total. The first-order chi connectivity index (χ1) is 10.0. The van der Waals surface area contributed by atoms with Gasteiger partial charge >= 0.3 is 0 Å². The quantitative estimate of drug-likeness (QED) is 0.748. The van der Waals surface area contributed by atoms with Crippen LogP contribution in [0.2, 0.25) is 0 Å². The predicted octanol–water partition coefficient (Wildman–Crippen LogP) is 2.63. The number of rotatable bonds is 8. The van der Waals surface area contributed by atoms with E-state index in [0.29, 0.717) is 21.5 Å². The SMILES string of the molecule is CCC(CC)NC(=O)COc1c(Br)cc(CO)cc1OC. The summed E-state index contributed by atoms with van der Waals surface area (Å²) in [6.45, 7) is 3.89. The molecule has 6 heteroatoms. The fourth-order valence-electron chi connectivity index (χ4n) is 1.90. The largest absolute Gasteiger partial charge is 0.493 e. The molecule has 1 rings (SSSR count). The third-order valence-corrected chi connectivity index (χ3v) is 3.76. The van der Waals surface area contributed by atoms with Crippen LogP contribution in [0, 0.1) is 0 Å². The van der Waals surface area contributed by atoms with Crippen LogP contribution in [0.3, 0.4) is 0 Å². The molecule has 0 fully saturated rings. The lowest BCUT2D eigenvalue weighted by Gasteiger charge is -2.17. The predicted molar refractivity (Wildman–Crippen MR) is 84.6 cm³/mol. The van der Waals surface area contributed by atoms with Crippen LogP contribution in [-0.4, -0.2) is 30.8 Å². The zero-order valence-electron chi connectivity index (χ0n) is 12.6. The van der Waals surface area contributed by atoms with Crippen molar-refractivity contribution in [3.8, 4) is 11.5 Å². The van der Waals surface area contributed by atoms with Crippen molar-refractivity contribution in [2.24, 2.45) is 0 Å². The normalized spacial score (nSPS) is 10.6. The number of halogens is 1. The van der Waals surface area contributed by atoms with Gasteiger partial charge < -0.3 is 19.9 Å². The van der Waals surface area contributed by atoms with Crippen molar-refractivity contribution in [1.29, 1.82) is 0 Å². The average molecular weight is 360 g/mol. The lowest BCUT2D eigenvalue weighted by molar-refractivity contribution is -0.123. The highest BCUT2D eigenvalue weighted by atomic mass is 79.9. The van der Waals surface area contributed by atoms with Gasteiger partial charge in [-0.15, -0.1) is 0 Å². The van der Waals surface area contributed by atoms with Gasteiger partial charge in [0.25, 0.3) is 5.91 Å². The van der Waals surface area contributed by atoms with E-state index < -0.39 is 0 Å². The number of aliphatic hydroxyl groups excluding tert-OH is 1. The minimum absolute atomic E-state index is 0.0794. The zero-order valence-corrected chi connectivity index (χ0v) is 14.2. The molecule has 0 aliphatic rings. The molecule has 21 heavy (non-hydrogen) atoms. The maximum atomic E-state index is 11.8. The molecule has 0 aliphatic carbocycles. The number of nitrogens with one attached hydrogen (secondary N) is 1. The van der Waals surface area contributed by atoms with Gasteiger partial charge in [0.2, 0.25) is 0 Å². The van der Waals surface area contributed by atoms with E-state index in [2.05, 4.69) is 21.2 Å². The molecule has 0 unspecified atom stereocenters. The van der Waals surface area contributed by atoms with Gasteiger partial charge in [-0.3, -0.25) is 4.79 Å². The highest BCUT2D eigenvalue weighted by molar-refractivity contribution is 9.10. The summed E-state index contributed by atoms with van der Waals surface area (Å²) in [5, 5.41) is 12.1. The Bertz CT molecular complexity index is 475. The number of methoxy groups -OCH3 is 1. The summed E-state index contributed by atoms with van der Waals surface area (Å²) < 4.78 is 11.4. The third kappa shape index (κ3) is 5.21. The van der Waals surface area contributed by atoms with Crippen molar-refractivity contribution in [2.45, 2.75) is 39.3 Å². The summed E-state index contributed by atoms with van der Waals surface area (Å²) in [6.07, 6.45) is 1.78. The minimum atomic E-state index is -0.163. The van der Waals surface area contributed by atoms with Crippen LogP contribution in [0.4, 0.5) is 0 Å². The van der Waals surface area contributed by atoms with Gasteiger partial charge in [0, 0.05) is 6.04 Å². The second-order valence-electron chi connectivity index (χ2n) is 4.64. The molecule has 0 heterocycles. The monoisotopic (exact) mass is 359 g/mol. The number of aliphatic hydroxyl groups is 1. The minimum Gasteiger partial charge on any atom is -0.493 e. The summed E-state index contributed by atoms with van der Waals surface area (Å²) in [6, 6.07) is 3.58. The van der Waals surface area contributed by atoms with Crippen molar-refractivity contribution in [2.75, 3.05) is 13.7 Å². The number of hydrogen-bond acceptors (Lipinski definition) is 4. The Morgan fingerprint density at radius 2 is 2.05 bits per heavy atom. The Morgan fingerprint density at radius 3 is 2.57 bits per heavy atom. The van der Waals surface area contributed by atoms with Crippen molar-refractivity contribution in [3.05, 3.63) is 22.2 Å². The molecular formula is C15H22BrNO4. The Balaban J connectivity index is 2.72. The number of amides is 1. The van der Waals surface area contributed by atoms with Crippen LogP contribution in [0.5, 0.6) is 11.5 Å². The van der Waals surface area contributed by atoms with E-state index in [1.165, 1.54) is 7.11 Å². The van der Waals surface area contributed by atoms with E-state index in [4.69, 9.17) is 14.6 Å². The molecule has 1 amide bonds. The molecule has 1 aromatic carbocycles. The first kappa shape index (κ1) is 17.8. The van der Waals surface area contributed by atoms with E-state index >= 15 is 0 Å². The third-order valence-electron chi connectivity index (χ3n) is 3.17. The van der Waals surface area contributed by atoms with Crippen LogP contribution in [-0.2, 0) is 11.4 Å². The summed E-state index contributed by atoms with van der Waals surface area (Å²) in [5.41, 5.74) is 0.701. The molecule has 0 saturated carbocycles.